The first-order valence-electron chi connectivity index (χ1n) is 12.2. The summed E-state index contributed by atoms with van der Waals surface area (Å²) in [6.07, 6.45) is 3.65. The van der Waals surface area contributed by atoms with E-state index in [0.717, 1.165) is 63.3 Å². The van der Waals surface area contributed by atoms with Gasteiger partial charge < -0.3 is 14.8 Å². The zero-order valence-corrected chi connectivity index (χ0v) is 22.0. The van der Waals surface area contributed by atoms with Crippen molar-refractivity contribution in [2.75, 3.05) is 14.2 Å². The molecule has 1 aromatic heterocycles. The van der Waals surface area contributed by atoms with E-state index < -0.39 is 0 Å². The molecule has 1 fully saturated rings. The van der Waals surface area contributed by atoms with Crippen LogP contribution in [0.2, 0.25) is 0 Å². The van der Waals surface area contributed by atoms with E-state index in [1.165, 1.54) is 26.4 Å². The topological polar surface area (TPSA) is 64.6 Å². The van der Waals surface area contributed by atoms with Gasteiger partial charge in [-0.2, -0.15) is 0 Å². The Morgan fingerprint density at radius 1 is 0.972 bits per heavy atom. The fraction of sp³-hybridized carbons (Fsp3) is 0.379. The highest BCUT2D eigenvalue weighted by Gasteiger charge is 2.29. The Bertz CT molecular complexity index is 1240. The van der Waals surface area contributed by atoms with Gasteiger partial charge in [-0.25, -0.2) is 4.39 Å². The second-order valence-electron chi connectivity index (χ2n) is 9.37. The van der Waals surface area contributed by atoms with Crippen LogP contribution in [0.4, 0.5) is 4.39 Å². The first kappa shape index (κ1) is 25.9. The van der Waals surface area contributed by atoms with Crippen molar-refractivity contribution in [3.8, 4) is 16.9 Å². The number of rotatable bonds is 7. The van der Waals surface area contributed by atoms with Crippen LogP contribution in [0.5, 0.6) is 5.75 Å². The minimum Gasteiger partial charge on any atom is -0.497 e. The van der Waals surface area contributed by atoms with E-state index in [9.17, 15) is 14.0 Å². The zero-order valence-electron chi connectivity index (χ0n) is 21.2. The van der Waals surface area contributed by atoms with E-state index in [1.807, 2.05) is 37.3 Å². The molecule has 0 spiro atoms. The predicted molar refractivity (Wildman–Crippen MR) is 140 cm³/mol. The van der Waals surface area contributed by atoms with Gasteiger partial charge in [0.05, 0.1) is 25.7 Å². The number of carbonyl (C=O) groups is 2. The molecular formula is C29H32FNO4S. The minimum absolute atomic E-state index is 0.0446. The summed E-state index contributed by atoms with van der Waals surface area (Å²) in [5.41, 5.74) is 4.53. The molecule has 1 N–H and O–H groups in total. The van der Waals surface area contributed by atoms with Gasteiger partial charge in [0.15, 0.2) is 0 Å². The second kappa shape index (κ2) is 11.2. The molecule has 0 unspecified atom stereocenters. The molecule has 0 radical (unpaired) electrons. The van der Waals surface area contributed by atoms with Crippen LogP contribution in [-0.4, -0.2) is 32.1 Å². The molecule has 190 valence electrons. The number of hydrogen-bond acceptors (Lipinski definition) is 5. The van der Waals surface area contributed by atoms with Crippen molar-refractivity contribution in [2.24, 2.45) is 5.92 Å². The van der Waals surface area contributed by atoms with Gasteiger partial charge in [0.25, 0.3) is 5.91 Å². The first-order valence-corrected chi connectivity index (χ1v) is 13.0. The van der Waals surface area contributed by atoms with Crippen LogP contribution in [0, 0.1) is 25.6 Å². The minimum atomic E-state index is -0.341. The number of benzene rings is 2. The lowest BCUT2D eigenvalue weighted by Gasteiger charge is -2.27. The van der Waals surface area contributed by atoms with Gasteiger partial charge in [0.1, 0.15) is 11.6 Å². The van der Waals surface area contributed by atoms with E-state index in [1.54, 1.807) is 11.3 Å². The Labute approximate surface area is 215 Å². The molecule has 1 heterocycles. The highest BCUT2D eigenvalue weighted by Crippen LogP contribution is 2.32. The molecule has 0 atom stereocenters. The van der Waals surface area contributed by atoms with E-state index in [0.29, 0.717) is 12.2 Å². The standard InChI is InChI=1S/C29H32FNO4S/c1-17-26(13-19-5-7-20(8-6-19)22-14-23(30)16-25(15-22)34-3)27(18(2)36-17)28(32)31-24-11-9-21(10-12-24)29(33)35-4/h5-8,14-16,21,24H,9-13H2,1-4H3,(H,31,32). The average molecular weight is 510 g/mol. The number of esters is 1. The predicted octanol–water partition coefficient (Wildman–Crippen LogP) is 6.23. The summed E-state index contributed by atoms with van der Waals surface area (Å²) < 4.78 is 24.0. The Kier molecular flexibility index (Phi) is 8.09. The van der Waals surface area contributed by atoms with E-state index in [-0.39, 0.29) is 29.7 Å². The van der Waals surface area contributed by atoms with Gasteiger partial charge in [0, 0.05) is 21.9 Å². The molecule has 3 aromatic rings. The third-order valence-corrected chi connectivity index (χ3v) is 8.05. The number of nitrogens with one attached hydrogen (secondary N) is 1. The fourth-order valence-corrected chi connectivity index (χ4v) is 6.08. The van der Waals surface area contributed by atoms with Crippen LogP contribution in [0.3, 0.4) is 0 Å². The molecule has 1 aliphatic carbocycles. The fourth-order valence-electron chi connectivity index (χ4n) is 5.00. The Balaban J connectivity index is 1.47. The van der Waals surface area contributed by atoms with E-state index in [4.69, 9.17) is 9.47 Å². The maximum Gasteiger partial charge on any atom is 0.308 e. The molecule has 36 heavy (non-hydrogen) atoms. The zero-order chi connectivity index (χ0) is 25.8. The van der Waals surface area contributed by atoms with Gasteiger partial charge in [-0.3, -0.25) is 9.59 Å². The molecular weight excluding hydrogens is 477 g/mol. The molecule has 1 aliphatic rings. The van der Waals surface area contributed by atoms with Crippen LogP contribution in [0.25, 0.3) is 11.1 Å². The van der Waals surface area contributed by atoms with Crippen LogP contribution in [-0.2, 0) is 16.0 Å². The molecule has 7 heteroatoms. The Morgan fingerprint density at radius 3 is 2.31 bits per heavy atom. The molecule has 2 aromatic carbocycles. The van der Waals surface area contributed by atoms with Gasteiger partial charge >= 0.3 is 5.97 Å². The lowest BCUT2D eigenvalue weighted by Crippen LogP contribution is -2.39. The maximum atomic E-state index is 13.9. The van der Waals surface area contributed by atoms with Crippen molar-refractivity contribution < 1.29 is 23.5 Å². The first-order chi connectivity index (χ1) is 17.3. The quantitative estimate of drug-likeness (QED) is 0.384. The SMILES string of the molecule is COC(=O)C1CCC(NC(=O)c2c(C)sc(C)c2Cc2ccc(-c3cc(F)cc(OC)c3)cc2)CC1. The summed E-state index contributed by atoms with van der Waals surface area (Å²) in [6.45, 7) is 4.05. The van der Waals surface area contributed by atoms with E-state index >= 15 is 0 Å². The summed E-state index contributed by atoms with van der Waals surface area (Å²) in [5.74, 6) is -0.133. The lowest BCUT2D eigenvalue weighted by atomic mass is 9.86. The van der Waals surface area contributed by atoms with Crippen LogP contribution in [0.1, 0.15) is 56.9 Å². The Hall–Kier alpha value is -3.19. The molecule has 4 rings (SSSR count). The smallest absolute Gasteiger partial charge is 0.308 e. The summed E-state index contributed by atoms with van der Waals surface area (Å²) in [5, 5.41) is 3.21. The summed E-state index contributed by atoms with van der Waals surface area (Å²) in [4.78, 5) is 27.3. The maximum absolute atomic E-state index is 13.9. The van der Waals surface area contributed by atoms with Crippen molar-refractivity contribution in [3.63, 3.8) is 0 Å². The number of amides is 1. The summed E-state index contributed by atoms with van der Waals surface area (Å²) in [6, 6.07) is 12.7. The van der Waals surface area contributed by atoms with Gasteiger partial charge in [-0.1, -0.05) is 24.3 Å². The lowest BCUT2D eigenvalue weighted by molar-refractivity contribution is -0.146. The van der Waals surface area contributed by atoms with Crippen molar-refractivity contribution in [1.82, 2.24) is 5.32 Å². The molecule has 0 bridgehead atoms. The third kappa shape index (κ3) is 5.78. The highest BCUT2D eigenvalue weighted by molar-refractivity contribution is 7.12. The molecule has 1 amide bonds. The second-order valence-corrected chi connectivity index (χ2v) is 10.8. The van der Waals surface area contributed by atoms with E-state index in [2.05, 4.69) is 12.2 Å². The van der Waals surface area contributed by atoms with Crippen LogP contribution < -0.4 is 10.1 Å². The molecule has 0 saturated heterocycles. The van der Waals surface area contributed by atoms with Gasteiger partial charge in [-0.05, 0) is 80.3 Å². The Morgan fingerprint density at radius 2 is 1.67 bits per heavy atom. The average Bonchev–Trinajstić information content (AvgIpc) is 3.16. The number of ether oxygens (including phenoxy) is 2. The van der Waals surface area contributed by atoms with Crippen molar-refractivity contribution in [3.05, 3.63) is 74.7 Å². The van der Waals surface area contributed by atoms with Crippen LogP contribution in [0.15, 0.2) is 42.5 Å². The monoisotopic (exact) mass is 509 g/mol. The molecule has 0 aliphatic heterocycles. The number of halogens is 1. The normalized spacial score (nSPS) is 17.5. The van der Waals surface area contributed by atoms with Crippen LogP contribution >= 0.6 is 11.3 Å². The van der Waals surface area contributed by atoms with Crippen molar-refractivity contribution in [1.29, 1.82) is 0 Å². The third-order valence-electron chi connectivity index (χ3n) is 6.98. The van der Waals surface area contributed by atoms with Gasteiger partial charge in [0.2, 0.25) is 0 Å². The number of aryl methyl sites for hydroxylation is 2. The molecule has 5 nitrogen and oxygen atoms in total. The number of carbonyl (C=O) groups excluding carboxylic acids is 2. The van der Waals surface area contributed by atoms with Gasteiger partial charge in [-0.15, -0.1) is 11.3 Å². The van der Waals surface area contributed by atoms with Crippen molar-refractivity contribution >= 4 is 23.2 Å². The summed E-state index contributed by atoms with van der Waals surface area (Å²) >= 11 is 1.64. The highest BCUT2D eigenvalue weighted by atomic mass is 32.1. The number of hydrogen-bond donors (Lipinski definition) is 1. The number of thiophene rings is 1. The van der Waals surface area contributed by atoms with Crippen molar-refractivity contribution in [2.45, 2.75) is 52.0 Å². The molecule has 1 saturated carbocycles. The summed E-state index contributed by atoms with van der Waals surface area (Å²) in [7, 11) is 2.94. The largest absolute Gasteiger partial charge is 0.497 e. The number of methoxy groups -OCH3 is 2.